The summed E-state index contributed by atoms with van der Waals surface area (Å²) in [6.07, 6.45) is 0. The zero-order valence-electron chi connectivity index (χ0n) is 12.3. The number of hydrogen-bond acceptors (Lipinski definition) is 6. The van der Waals surface area contributed by atoms with Crippen molar-refractivity contribution in [2.24, 2.45) is 5.73 Å². The highest BCUT2D eigenvalue weighted by molar-refractivity contribution is 7.89. The smallest absolute Gasteiger partial charge is 0.293 e. The first-order valence-electron chi connectivity index (χ1n) is 6.41. The van der Waals surface area contributed by atoms with Crippen LogP contribution in [0.2, 0.25) is 0 Å². The Kier molecular flexibility index (Phi) is 5.64. The van der Waals surface area contributed by atoms with E-state index < -0.39 is 14.9 Å². The Bertz CT molecular complexity index is 616. The van der Waals surface area contributed by atoms with Gasteiger partial charge in [0.25, 0.3) is 5.69 Å². The number of nitrogens with two attached hydrogens (primary N) is 1. The number of nitro benzene ring substituents is 1. The largest absolute Gasteiger partial charge is 0.365 e. The average Bonchev–Trinajstić information content (AvgIpc) is 2.43. The molecule has 0 aliphatic carbocycles. The van der Waals surface area contributed by atoms with E-state index >= 15 is 0 Å². The van der Waals surface area contributed by atoms with E-state index in [4.69, 9.17) is 5.73 Å². The summed E-state index contributed by atoms with van der Waals surface area (Å²) in [7, 11) is -0.955. The second-order valence-electron chi connectivity index (χ2n) is 4.56. The summed E-state index contributed by atoms with van der Waals surface area (Å²) in [6.45, 7) is 3.20. The minimum absolute atomic E-state index is 0.105. The van der Waals surface area contributed by atoms with Crippen LogP contribution in [0.1, 0.15) is 6.92 Å². The molecular formula is C12H20N4O4S. The maximum atomic E-state index is 12.1. The number of nitrogens with zero attached hydrogens (tertiary/aromatic N) is 3. The summed E-state index contributed by atoms with van der Waals surface area (Å²) in [5.41, 5.74) is 5.62. The quantitative estimate of drug-likeness (QED) is 0.583. The summed E-state index contributed by atoms with van der Waals surface area (Å²) >= 11 is 0. The third kappa shape index (κ3) is 3.69. The number of benzene rings is 1. The van der Waals surface area contributed by atoms with E-state index in [0.717, 1.165) is 10.4 Å². The molecule has 1 rings (SSSR count). The van der Waals surface area contributed by atoms with Gasteiger partial charge in [0.05, 0.1) is 9.82 Å². The molecule has 0 atom stereocenters. The van der Waals surface area contributed by atoms with Gasteiger partial charge in [0, 0.05) is 39.8 Å². The van der Waals surface area contributed by atoms with Crippen LogP contribution in [0.15, 0.2) is 23.1 Å². The molecule has 0 fully saturated rings. The normalized spacial score (nSPS) is 11.7. The van der Waals surface area contributed by atoms with Gasteiger partial charge in [-0.05, 0) is 19.1 Å². The van der Waals surface area contributed by atoms with Gasteiger partial charge in [0.2, 0.25) is 10.0 Å². The van der Waals surface area contributed by atoms with E-state index in [2.05, 4.69) is 0 Å². The fourth-order valence-electron chi connectivity index (χ4n) is 1.89. The fourth-order valence-corrected chi connectivity index (χ4v) is 2.82. The Balaban J connectivity index is 3.42. The predicted octanol–water partition coefficient (Wildman–Crippen LogP) is 0.630. The van der Waals surface area contributed by atoms with E-state index in [1.54, 1.807) is 4.90 Å². The molecule has 1 aromatic rings. The molecule has 9 heteroatoms. The first-order chi connectivity index (χ1) is 9.75. The van der Waals surface area contributed by atoms with Gasteiger partial charge in [-0.1, -0.05) is 0 Å². The molecule has 0 saturated carbocycles. The van der Waals surface area contributed by atoms with E-state index in [0.29, 0.717) is 25.3 Å². The van der Waals surface area contributed by atoms with Gasteiger partial charge in [0.1, 0.15) is 5.69 Å². The van der Waals surface area contributed by atoms with Crippen LogP contribution >= 0.6 is 0 Å². The van der Waals surface area contributed by atoms with Gasteiger partial charge in [-0.25, -0.2) is 12.7 Å². The maximum absolute atomic E-state index is 12.1. The monoisotopic (exact) mass is 316 g/mol. The Morgan fingerprint density at radius 1 is 1.33 bits per heavy atom. The molecule has 0 bridgehead atoms. The van der Waals surface area contributed by atoms with Crippen molar-refractivity contribution in [3.05, 3.63) is 28.3 Å². The van der Waals surface area contributed by atoms with Crippen LogP contribution in [0.3, 0.4) is 0 Å². The minimum atomic E-state index is -3.71. The van der Waals surface area contributed by atoms with Crippen LogP contribution in [0, 0.1) is 10.1 Å². The lowest BCUT2D eigenvalue weighted by atomic mass is 10.2. The van der Waals surface area contributed by atoms with Crippen molar-refractivity contribution < 1.29 is 13.3 Å². The lowest BCUT2D eigenvalue weighted by Gasteiger charge is -2.22. The number of nitro groups is 1. The lowest BCUT2D eigenvalue weighted by Crippen LogP contribution is -2.30. The molecule has 0 saturated heterocycles. The fraction of sp³-hybridized carbons (Fsp3) is 0.500. The molecule has 0 radical (unpaired) electrons. The molecule has 0 aliphatic heterocycles. The van der Waals surface area contributed by atoms with Crippen LogP contribution in [0.25, 0.3) is 0 Å². The Morgan fingerprint density at radius 2 is 1.95 bits per heavy atom. The Morgan fingerprint density at radius 3 is 2.38 bits per heavy atom. The summed E-state index contributed by atoms with van der Waals surface area (Å²) in [5, 5.41) is 11.2. The number of rotatable bonds is 7. The lowest BCUT2D eigenvalue weighted by molar-refractivity contribution is -0.384. The van der Waals surface area contributed by atoms with Crippen LogP contribution in [-0.4, -0.2) is 51.4 Å². The zero-order chi connectivity index (χ0) is 16.2. The van der Waals surface area contributed by atoms with Gasteiger partial charge in [0.15, 0.2) is 0 Å². The Hall–Kier alpha value is -1.71. The number of sulfonamides is 1. The number of hydrogen-bond donors (Lipinski definition) is 1. The Labute approximate surface area is 124 Å². The standard InChI is InChI=1S/C12H20N4O4S/c1-4-15(8-7-13)11-6-5-10(9-12(11)16(17)18)21(19,20)14(2)3/h5-6,9H,4,7-8,13H2,1-3H3. The minimum Gasteiger partial charge on any atom is -0.365 e. The molecule has 8 nitrogen and oxygen atoms in total. The molecule has 0 heterocycles. The van der Waals surface area contributed by atoms with Crippen molar-refractivity contribution in [1.29, 1.82) is 0 Å². The topological polar surface area (TPSA) is 110 Å². The van der Waals surface area contributed by atoms with Gasteiger partial charge in [-0.15, -0.1) is 0 Å². The molecule has 0 aliphatic rings. The van der Waals surface area contributed by atoms with E-state index in [1.807, 2.05) is 6.92 Å². The van der Waals surface area contributed by atoms with Gasteiger partial charge in [-0.3, -0.25) is 10.1 Å². The number of likely N-dealkylation sites (N-methyl/N-ethyl adjacent to an activating group) is 1. The maximum Gasteiger partial charge on any atom is 0.293 e. The summed E-state index contributed by atoms with van der Waals surface area (Å²) in [5.74, 6) is 0. The molecule has 118 valence electrons. The molecular weight excluding hydrogens is 296 g/mol. The SMILES string of the molecule is CCN(CCN)c1ccc(S(=O)(=O)N(C)C)cc1[N+](=O)[O-]. The van der Waals surface area contributed by atoms with Crippen molar-refractivity contribution >= 4 is 21.4 Å². The van der Waals surface area contributed by atoms with Crippen molar-refractivity contribution in [2.75, 3.05) is 38.6 Å². The van der Waals surface area contributed by atoms with Crippen LogP contribution < -0.4 is 10.6 Å². The van der Waals surface area contributed by atoms with Crippen molar-refractivity contribution in [3.63, 3.8) is 0 Å². The van der Waals surface area contributed by atoms with Crippen molar-refractivity contribution in [2.45, 2.75) is 11.8 Å². The molecule has 21 heavy (non-hydrogen) atoms. The van der Waals surface area contributed by atoms with Crippen LogP contribution in [-0.2, 0) is 10.0 Å². The van der Waals surface area contributed by atoms with Crippen LogP contribution in [0.5, 0.6) is 0 Å². The molecule has 2 N–H and O–H groups in total. The van der Waals surface area contributed by atoms with E-state index in [-0.39, 0.29) is 10.6 Å². The molecule has 0 spiro atoms. The highest BCUT2D eigenvalue weighted by atomic mass is 32.2. The highest BCUT2D eigenvalue weighted by Gasteiger charge is 2.24. The molecule has 0 aromatic heterocycles. The molecule has 1 aromatic carbocycles. The van der Waals surface area contributed by atoms with Crippen LogP contribution in [0.4, 0.5) is 11.4 Å². The predicted molar refractivity (Wildman–Crippen MR) is 80.9 cm³/mol. The first-order valence-corrected chi connectivity index (χ1v) is 7.85. The van der Waals surface area contributed by atoms with Gasteiger partial charge >= 0.3 is 0 Å². The average molecular weight is 316 g/mol. The van der Waals surface area contributed by atoms with Gasteiger partial charge in [-0.2, -0.15) is 0 Å². The zero-order valence-corrected chi connectivity index (χ0v) is 13.1. The molecule has 0 unspecified atom stereocenters. The van der Waals surface area contributed by atoms with Gasteiger partial charge < -0.3 is 10.6 Å². The summed E-state index contributed by atoms with van der Waals surface area (Å²) < 4.78 is 25.1. The molecule has 0 amide bonds. The van der Waals surface area contributed by atoms with E-state index in [1.165, 1.54) is 26.2 Å². The van der Waals surface area contributed by atoms with Crippen molar-refractivity contribution in [3.8, 4) is 0 Å². The van der Waals surface area contributed by atoms with E-state index in [9.17, 15) is 18.5 Å². The third-order valence-corrected chi connectivity index (χ3v) is 4.85. The van der Waals surface area contributed by atoms with Crippen molar-refractivity contribution in [1.82, 2.24) is 4.31 Å². The summed E-state index contributed by atoms with van der Waals surface area (Å²) in [4.78, 5) is 12.3. The highest BCUT2D eigenvalue weighted by Crippen LogP contribution is 2.31. The summed E-state index contributed by atoms with van der Waals surface area (Å²) in [6, 6.07) is 3.91. The second kappa shape index (κ2) is 6.83. The first kappa shape index (κ1) is 17.3. The third-order valence-electron chi connectivity index (χ3n) is 3.04. The second-order valence-corrected chi connectivity index (χ2v) is 6.72. The number of anilines is 1.